The molecule has 0 radical (unpaired) electrons. The number of hydrogen-bond donors (Lipinski definition) is 1. The smallest absolute Gasteiger partial charge is 0.234 e. The normalized spacial score (nSPS) is 14.2. The third-order valence-electron chi connectivity index (χ3n) is 5.57. The highest BCUT2D eigenvalue weighted by molar-refractivity contribution is 8.00. The van der Waals surface area contributed by atoms with E-state index in [2.05, 4.69) is 57.6 Å². The Morgan fingerprint density at radius 1 is 0.906 bits per heavy atom. The SMILES string of the molecule is COc1ccc(SCC(=O)Nc2ccc(N3CCN(Cc4ccccc4)CC3)cc2)cc1. The van der Waals surface area contributed by atoms with E-state index in [-0.39, 0.29) is 5.91 Å². The molecule has 0 atom stereocenters. The van der Waals surface area contributed by atoms with Crippen molar-refractivity contribution in [3.05, 3.63) is 84.4 Å². The van der Waals surface area contributed by atoms with E-state index in [1.54, 1.807) is 7.11 Å². The zero-order valence-corrected chi connectivity index (χ0v) is 19.2. The van der Waals surface area contributed by atoms with Crippen molar-refractivity contribution in [2.45, 2.75) is 11.4 Å². The first-order chi connectivity index (χ1) is 15.7. The Kier molecular flexibility index (Phi) is 7.69. The van der Waals surface area contributed by atoms with Gasteiger partial charge in [-0.3, -0.25) is 9.69 Å². The fraction of sp³-hybridized carbons (Fsp3) is 0.269. The number of amides is 1. The second-order valence-corrected chi connectivity index (χ2v) is 8.86. The van der Waals surface area contributed by atoms with E-state index in [1.165, 1.54) is 23.0 Å². The lowest BCUT2D eigenvalue weighted by atomic mass is 10.2. The Labute approximate surface area is 194 Å². The van der Waals surface area contributed by atoms with Gasteiger partial charge in [-0.1, -0.05) is 30.3 Å². The van der Waals surface area contributed by atoms with Crippen LogP contribution in [0.5, 0.6) is 5.75 Å². The van der Waals surface area contributed by atoms with Crippen molar-refractivity contribution in [1.29, 1.82) is 0 Å². The van der Waals surface area contributed by atoms with Gasteiger partial charge >= 0.3 is 0 Å². The highest BCUT2D eigenvalue weighted by Crippen LogP contribution is 2.23. The van der Waals surface area contributed by atoms with Gasteiger partial charge in [0.1, 0.15) is 5.75 Å². The van der Waals surface area contributed by atoms with Crippen LogP contribution in [-0.4, -0.2) is 49.8 Å². The number of carbonyl (C=O) groups is 1. The zero-order valence-electron chi connectivity index (χ0n) is 18.4. The third kappa shape index (κ3) is 6.28. The molecule has 5 nitrogen and oxygen atoms in total. The molecular weight excluding hydrogens is 418 g/mol. The van der Waals surface area contributed by atoms with Crippen LogP contribution in [0, 0.1) is 0 Å². The van der Waals surface area contributed by atoms with Crippen molar-refractivity contribution in [2.75, 3.05) is 49.3 Å². The summed E-state index contributed by atoms with van der Waals surface area (Å²) in [5.41, 5.74) is 3.40. The number of nitrogens with zero attached hydrogens (tertiary/aromatic N) is 2. The van der Waals surface area contributed by atoms with Crippen LogP contribution >= 0.6 is 11.8 Å². The second kappa shape index (κ2) is 11.1. The first kappa shape index (κ1) is 22.2. The molecule has 1 saturated heterocycles. The Bertz CT molecular complexity index is 986. The summed E-state index contributed by atoms with van der Waals surface area (Å²) in [5.74, 6) is 1.18. The average molecular weight is 448 g/mol. The number of piperazine rings is 1. The number of ether oxygens (including phenoxy) is 1. The molecule has 0 spiro atoms. The zero-order chi connectivity index (χ0) is 22.2. The van der Waals surface area contributed by atoms with E-state index < -0.39 is 0 Å². The molecule has 1 aliphatic heterocycles. The molecule has 0 aromatic heterocycles. The molecule has 32 heavy (non-hydrogen) atoms. The van der Waals surface area contributed by atoms with Gasteiger partial charge in [-0.15, -0.1) is 11.8 Å². The summed E-state index contributed by atoms with van der Waals surface area (Å²) in [6.07, 6.45) is 0. The van der Waals surface area contributed by atoms with Crippen LogP contribution in [0.2, 0.25) is 0 Å². The maximum absolute atomic E-state index is 12.3. The Morgan fingerprint density at radius 3 is 2.25 bits per heavy atom. The highest BCUT2D eigenvalue weighted by Gasteiger charge is 2.17. The van der Waals surface area contributed by atoms with Gasteiger partial charge in [-0.05, 0) is 54.1 Å². The monoisotopic (exact) mass is 447 g/mol. The molecule has 1 N–H and O–H groups in total. The van der Waals surface area contributed by atoms with E-state index in [0.717, 1.165) is 49.1 Å². The summed E-state index contributed by atoms with van der Waals surface area (Å²) in [6.45, 7) is 5.13. The summed E-state index contributed by atoms with van der Waals surface area (Å²) in [4.78, 5) is 18.3. The van der Waals surface area contributed by atoms with Gasteiger partial charge in [0, 0.05) is 49.0 Å². The van der Waals surface area contributed by atoms with Crippen molar-refractivity contribution in [3.63, 3.8) is 0 Å². The molecule has 3 aromatic carbocycles. The Morgan fingerprint density at radius 2 is 1.59 bits per heavy atom. The van der Waals surface area contributed by atoms with E-state index in [9.17, 15) is 4.79 Å². The van der Waals surface area contributed by atoms with Crippen LogP contribution in [0.3, 0.4) is 0 Å². The Hall–Kier alpha value is -2.96. The lowest BCUT2D eigenvalue weighted by molar-refractivity contribution is -0.113. The third-order valence-corrected chi connectivity index (χ3v) is 6.58. The fourth-order valence-electron chi connectivity index (χ4n) is 3.78. The fourth-order valence-corrected chi connectivity index (χ4v) is 4.48. The van der Waals surface area contributed by atoms with Crippen molar-refractivity contribution in [3.8, 4) is 5.75 Å². The molecule has 166 valence electrons. The number of hydrogen-bond acceptors (Lipinski definition) is 5. The van der Waals surface area contributed by atoms with Crippen LogP contribution in [0.15, 0.2) is 83.8 Å². The topological polar surface area (TPSA) is 44.8 Å². The van der Waals surface area contributed by atoms with Gasteiger partial charge in [-0.2, -0.15) is 0 Å². The number of anilines is 2. The van der Waals surface area contributed by atoms with Gasteiger partial charge in [0.05, 0.1) is 12.9 Å². The predicted molar refractivity (Wildman–Crippen MR) is 133 cm³/mol. The van der Waals surface area contributed by atoms with Gasteiger partial charge < -0.3 is 15.0 Å². The maximum Gasteiger partial charge on any atom is 0.234 e. The quantitative estimate of drug-likeness (QED) is 0.505. The van der Waals surface area contributed by atoms with Gasteiger partial charge in [0.15, 0.2) is 0 Å². The molecule has 0 aliphatic carbocycles. The molecule has 1 amide bonds. The molecule has 3 aromatic rings. The molecule has 1 heterocycles. The van der Waals surface area contributed by atoms with Crippen LogP contribution in [0.4, 0.5) is 11.4 Å². The van der Waals surface area contributed by atoms with Crippen molar-refractivity contribution in [2.24, 2.45) is 0 Å². The number of thioether (sulfide) groups is 1. The lowest BCUT2D eigenvalue weighted by Gasteiger charge is -2.36. The van der Waals surface area contributed by atoms with Crippen LogP contribution < -0.4 is 15.0 Å². The first-order valence-corrected chi connectivity index (χ1v) is 11.9. The number of nitrogens with one attached hydrogen (secondary N) is 1. The minimum Gasteiger partial charge on any atom is -0.497 e. The molecule has 1 aliphatic rings. The highest BCUT2D eigenvalue weighted by atomic mass is 32.2. The van der Waals surface area contributed by atoms with Gasteiger partial charge in [0.2, 0.25) is 5.91 Å². The molecule has 0 unspecified atom stereocenters. The molecule has 0 bridgehead atoms. The standard InChI is InChI=1S/C26H29N3O2S/c1-31-24-11-13-25(14-12-24)32-20-26(30)27-22-7-9-23(10-8-22)29-17-15-28(16-18-29)19-21-5-3-2-4-6-21/h2-14H,15-20H2,1H3,(H,27,30). The van der Waals surface area contributed by atoms with Crippen molar-refractivity contribution >= 4 is 29.0 Å². The van der Waals surface area contributed by atoms with Crippen LogP contribution in [0.1, 0.15) is 5.56 Å². The number of benzene rings is 3. The van der Waals surface area contributed by atoms with E-state index in [1.807, 2.05) is 36.4 Å². The summed E-state index contributed by atoms with van der Waals surface area (Å²) >= 11 is 1.51. The van der Waals surface area contributed by atoms with Crippen LogP contribution in [0.25, 0.3) is 0 Å². The van der Waals surface area contributed by atoms with Gasteiger partial charge in [0.25, 0.3) is 0 Å². The number of rotatable bonds is 8. The summed E-state index contributed by atoms with van der Waals surface area (Å²) in [5, 5.41) is 2.99. The molecule has 6 heteroatoms. The van der Waals surface area contributed by atoms with Crippen LogP contribution in [-0.2, 0) is 11.3 Å². The second-order valence-electron chi connectivity index (χ2n) is 7.81. The minimum atomic E-state index is -0.00639. The number of carbonyl (C=O) groups excluding carboxylic acids is 1. The molecule has 4 rings (SSSR count). The first-order valence-electron chi connectivity index (χ1n) is 10.9. The molecular formula is C26H29N3O2S. The van der Waals surface area contributed by atoms with Crippen molar-refractivity contribution < 1.29 is 9.53 Å². The molecule has 1 fully saturated rings. The summed E-state index contributed by atoms with van der Waals surface area (Å²) in [6, 6.07) is 26.5. The van der Waals surface area contributed by atoms with E-state index >= 15 is 0 Å². The average Bonchev–Trinajstić information content (AvgIpc) is 2.85. The minimum absolute atomic E-state index is 0.00639. The van der Waals surface area contributed by atoms with E-state index in [0.29, 0.717) is 5.75 Å². The summed E-state index contributed by atoms with van der Waals surface area (Å²) < 4.78 is 5.16. The lowest BCUT2D eigenvalue weighted by Crippen LogP contribution is -2.45. The van der Waals surface area contributed by atoms with Crippen molar-refractivity contribution in [1.82, 2.24) is 4.90 Å². The van der Waals surface area contributed by atoms with E-state index in [4.69, 9.17) is 4.74 Å². The number of methoxy groups -OCH3 is 1. The van der Waals surface area contributed by atoms with Gasteiger partial charge in [-0.25, -0.2) is 0 Å². The maximum atomic E-state index is 12.3. The molecule has 0 saturated carbocycles. The Balaban J connectivity index is 1.22. The largest absolute Gasteiger partial charge is 0.497 e. The summed E-state index contributed by atoms with van der Waals surface area (Å²) in [7, 11) is 1.65. The predicted octanol–water partition coefficient (Wildman–Crippen LogP) is 4.75.